The number of hydrogen-bond acceptors (Lipinski definition) is 7. The number of amides is 1. The van der Waals surface area contributed by atoms with Crippen molar-refractivity contribution in [2.24, 2.45) is 5.10 Å². The molecule has 0 spiro atoms. The van der Waals surface area contributed by atoms with Crippen molar-refractivity contribution in [2.45, 2.75) is 20.5 Å². The molecule has 8 nitrogen and oxygen atoms in total. The first-order valence-corrected chi connectivity index (χ1v) is 13.4. The molecule has 4 aromatic carbocycles. The molecule has 0 aliphatic heterocycles. The summed E-state index contributed by atoms with van der Waals surface area (Å²) in [7, 11) is 0. The summed E-state index contributed by atoms with van der Waals surface area (Å²) in [6.45, 7) is 5.00. The number of carbonyl (C=O) groups is 2. The number of nitrogens with one attached hydrogen (secondary N) is 1. The molecule has 41 heavy (non-hydrogen) atoms. The molecule has 0 unspecified atom stereocenters. The lowest BCUT2D eigenvalue weighted by Crippen LogP contribution is -2.17. The van der Waals surface area contributed by atoms with Gasteiger partial charge in [0.1, 0.15) is 18.1 Å². The molecule has 9 heteroatoms. The topological polar surface area (TPSA) is 95.5 Å². The summed E-state index contributed by atoms with van der Waals surface area (Å²) in [5.74, 6) is 1.04. The van der Waals surface area contributed by atoms with Gasteiger partial charge in [0.2, 0.25) is 0 Å². The summed E-state index contributed by atoms with van der Waals surface area (Å²) < 4.78 is 22.4. The van der Waals surface area contributed by atoms with E-state index in [0.29, 0.717) is 58.8 Å². The van der Waals surface area contributed by atoms with E-state index in [-0.39, 0.29) is 11.7 Å². The van der Waals surface area contributed by atoms with Gasteiger partial charge in [0.25, 0.3) is 5.91 Å². The highest BCUT2D eigenvalue weighted by Crippen LogP contribution is 2.29. The molecule has 4 aromatic rings. The van der Waals surface area contributed by atoms with E-state index < -0.39 is 5.97 Å². The fraction of sp³-hybridized carbons (Fsp3) is 0.156. The Bertz CT molecular complexity index is 1490. The minimum atomic E-state index is -0.524. The third-order valence-corrected chi connectivity index (χ3v) is 5.94. The van der Waals surface area contributed by atoms with Gasteiger partial charge < -0.3 is 18.9 Å². The quantitative estimate of drug-likeness (QED) is 0.0878. The molecule has 210 valence electrons. The van der Waals surface area contributed by atoms with Crippen LogP contribution in [0.4, 0.5) is 0 Å². The Hall–Kier alpha value is -4.82. The minimum Gasteiger partial charge on any atom is -0.494 e. The van der Waals surface area contributed by atoms with Crippen molar-refractivity contribution < 1.29 is 28.5 Å². The molecule has 0 saturated carbocycles. The molecule has 0 aromatic heterocycles. The zero-order valence-electron chi connectivity index (χ0n) is 22.6. The van der Waals surface area contributed by atoms with Crippen LogP contribution in [0.1, 0.15) is 45.7 Å². The van der Waals surface area contributed by atoms with E-state index in [1.165, 1.54) is 6.21 Å². The molecule has 0 saturated heterocycles. The average molecular weight is 573 g/mol. The molecule has 0 bridgehead atoms. The summed E-state index contributed by atoms with van der Waals surface area (Å²) in [6.07, 6.45) is 1.47. The van der Waals surface area contributed by atoms with Crippen molar-refractivity contribution in [3.63, 3.8) is 0 Å². The molecule has 0 atom stereocenters. The fourth-order valence-electron chi connectivity index (χ4n) is 3.65. The largest absolute Gasteiger partial charge is 0.494 e. The van der Waals surface area contributed by atoms with Gasteiger partial charge in [-0.15, -0.1) is 0 Å². The highest BCUT2D eigenvalue weighted by Gasteiger charge is 2.14. The maximum Gasteiger partial charge on any atom is 0.343 e. The maximum atomic E-state index is 12.6. The van der Waals surface area contributed by atoms with Crippen LogP contribution in [-0.2, 0) is 6.61 Å². The molecular formula is C32H29ClN2O6. The van der Waals surface area contributed by atoms with Crippen molar-refractivity contribution in [1.82, 2.24) is 5.43 Å². The Labute approximate surface area is 243 Å². The Morgan fingerprint density at radius 1 is 0.756 bits per heavy atom. The fourth-order valence-corrected chi connectivity index (χ4v) is 3.78. The normalized spacial score (nSPS) is 10.7. The van der Waals surface area contributed by atoms with Gasteiger partial charge >= 0.3 is 5.97 Å². The van der Waals surface area contributed by atoms with Crippen molar-refractivity contribution in [3.8, 4) is 23.0 Å². The number of rotatable bonds is 12. The molecule has 4 rings (SSSR count). The van der Waals surface area contributed by atoms with Crippen LogP contribution in [0, 0.1) is 0 Å². The van der Waals surface area contributed by atoms with Gasteiger partial charge in [0.15, 0.2) is 11.5 Å². The SMILES string of the molecule is CCOc1ccc(C(=O)Oc2ccc(C=NNC(=O)c3ccc(OCc4ccc(Cl)cc4)cc3)cc2OCC)cc1. The molecule has 0 aliphatic rings. The maximum absolute atomic E-state index is 12.6. The van der Waals surface area contributed by atoms with Gasteiger partial charge in [-0.3, -0.25) is 4.79 Å². The predicted molar refractivity (Wildman–Crippen MR) is 157 cm³/mol. The molecular weight excluding hydrogens is 544 g/mol. The zero-order chi connectivity index (χ0) is 29.0. The lowest BCUT2D eigenvalue weighted by Gasteiger charge is -2.11. The number of esters is 1. The van der Waals surface area contributed by atoms with E-state index in [1.807, 2.05) is 26.0 Å². The molecule has 0 radical (unpaired) electrons. The second kappa shape index (κ2) is 14.5. The van der Waals surface area contributed by atoms with Crippen molar-refractivity contribution in [3.05, 3.63) is 118 Å². The summed E-state index contributed by atoms with van der Waals surface area (Å²) in [6, 6.07) is 25.8. The lowest BCUT2D eigenvalue weighted by molar-refractivity contribution is 0.0728. The van der Waals surface area contributed by atoms with Gasteiger partial charge in [-0.1, -0.05) is 23.7 Å². The van der Waals surface area contributed by atoms with Gasteiger partial charge in [-0.05, 0) is 104 Å². The average Bonchev–Trinajstić information content (AvgIpc) is 2.99. The summed E-state index contributed by atoms with van der Waals surface area (Å²) in [5, 5.41) is 4.71. The van der Waals surface area contributed by atoms with Crippen LogP contribution in [0.2, 0.25) is 5.02 Å². The Morgan fingerprint density at radius 2 is 1.39 bits per heavy atom. The Kier molecular flexibility index (Phi) is 10.3. The van der Waals surface area contributed by atoms with E-state index in [9.17, 15) is 9.59 Å². The third-order valence-electron chi connectivity index (χ3n) is 5.69. The number of benzene rings is 4. The number of hydrogen-bond donors (Lipinski definition) is 1. The van der Waals surface area contributed by atoms with Gasteiger partial charge in [0, 0.05) is 10.6 Å². The smallest absolute Gasteiger partial charge is 0.343 e. The Balaban J connectivity index is 1.33. The van der Waals surface area contributed by atoms with Gasteiger partial charge in [-0.2, -0.15) is 5.10 Å². The number of ether oxygens (including phenoxy) is 4. The highest BCUT2D eigenvalue weighted by molar-refractivity contribution is 6.30. The van der Waals surface area contributed by atoms with Crippen LogP contribution in [0.25, 0.3) is 0 Å². The van der Waals surface area contributed by atoms with Crippen molar-refractivity contribution in [1.29, 1.82) is 0 Å². The van der Waals surface area contributed by atoms with E-state index in [1.54, 1.807) is 78.9 Å². The zero-order valence-corrected chi connectivity index (χ0v) is 23.4. The standard InChI is InChI=1S/C32H29ClN2O6/c1-3-38-27-16-10-25(11-17-27)32(37)41-29-18-7-23(19-30(29)39-4-2)20-34-35-31(36)24-8-14-28(15-9-24)40-21-22-5-12-26(33)13-6-22/h5-20H,3-4,21H2,1-2H3,(H,35,36). The van der Waals surface area contributed by atoms with E-state index in [0.717, 1.165) is 5.56 Å². The first-order valence-electron chi connectivity index (χ1n) is 13.0. The van der Waals surface area contributed by atoms with E-state index >= 15 is 0 Å². The van der Waals surface area contributed by atoms with Crippen LogP contribution in [0.15, 0.2) is 96.1 Å². The van der Waals surface area contributed by atoms with Crippen molar-refractivity contribution >= 4 is 29.7 Å². The molecule has 0 fully saturated rings. The van der Waals surface area contributed by atoms with Crippen LogP contribution in [0.3, 0.4) is 0 Å². The number of hydrazone groups is 1. The predicted octanol–water partition coefficient (Wildman–Crippen LogP) is 6.70. The minimum absolute atomic E-state index is 0.269. The van der Waals surface area contributed by atoms with Crippen LogP contribution in [0.5, 0.6) is 23.0 Å². The number of nitrogens with zero attached hydrogens (tertiary/aromatic N) is 1. The first kappa shape index (κ1) is 29.2. The summed E-state index contributed by atoms with van der Waals surface area (Å²) >= 11 is 5.91. The monoisotopic (exact) mass is 572 g/mol. The van der Waals surface area contributed by atoms with Gasteiger partial charge in [0.05, 0.1) is 25.0 Å². The third kappa shape index (κ3) is 8.58. The number of carbonyl (C=O) groups excluding carboxylic acids is 2. The highest BCUT2D eigenvalue weighted by atomic mass is 35.5. The van der Waals surface area contributed by atoms with Crippen LogP contribution in [-0.4, -0.2) is 31.3 Å². The van der Waals surface area contributed by atoms with Crippen LogP contribution < -0.4 is 24.4 Å². The molecule has 0 aliphatic carbocycles. The Morgan fingerprint density at radius 3 is 2.05 bits per heavy atom. The van der Waals surface area contributed by atoms with Gasteiger partial charge in [-0.25, -0.2) is 10.2 Å². The second-order valence-electron chi connectivity index (χ2n) is 8.62. The number of halogens is 1. The van der Waals surface area contributed by atoms with E-state index in [4.69, 9.17) is 30.5 Å². The van der Waals surface area contributed by atoms with E-state index in [2.05, 4.69) is 10.5 Å². The lowest BCUT2D eigenvalue weighted by atomic mass is 10.2. The summed E-state index contributed by atoms with van der Waals surface area (Å²) in [5.41, 5.74) is 4.93. The molecule has 1 amide bonds. The first-order chi connectivity index (χ1) is 19.9. The summed E-state index contributed by atoms with van der Waals surface area (Å²) in [4.78, 5) is 25.2. The second-order valence-corrected chi connectivity index (χ2v) is 9.06. The van der Waals surface area contributed by atoms with Crippen molar-refractivity contribution in [2.75, 3.05) is 13.2 Å². The van der Waals surface area contributed by atoms with Crippen LogP contribution >= 0.6 is 11.6 Å². The molecule has 1 N–H and O–H groups in total. The molecule has 0 heterocycles.